The molecule has 22 heavy (non-hydrogen) atoms. The number of amides is 1. The molecule has 0 spiro atoms. The van der Waals surface area contributed by atoms with E-state index in [4.69, 9.17) is 5.73 Å². The van der Waals surface area contributed by atoms with Crippen molar-refractivity contribution in [3.05, 3.63) is 64.7 Å². The summed E-state index contributed by atoms with van der Waals surface area (Å²) in [7, 11) is 0. The number of carbonyl (C=O) groups excluding carboxylic acids is 1. The Hall–Kier alpha value is -2.33. The van der Waals surface area contributed by atoms with Gasteiger partial charge in [0.15, 0.2) is 0 Å². The van der Waals surface area contributed by atoms with E-state index in [1.54, 1.807) is 24.3 Å². The summed E-state index contributed by atoms with van der Waals surface area (Å²) in [6.07, 6.45) is 0.500. The van der Waals surface area contributed by atoms with E-state index in [1.807, 2.05) is 6.92 Å². The number of nitrogens with two attached hydrogens (primary N) is 1. The Morgan fingerprint density at radius 2 is 1.86 bits per heavy atom. The summed E-state index contributed by atoms with van der Waals surface area (Å²) in [5.41, 5.74) is 9.99. The Bertz CT molecular complexity index is 651. The van der Waals surface area contributed by atoms with Crippen LogP contribution in [0.1, 0.15) is 22.3 Å². The highest BCUT2D eigenvalue weighted by Gasteiger charge is 2.15. The van der Waals surface area contributed by atoms with E-state index in [-0.39, 0.29) is 11.7 Å². The van der Waals surface area contributed by atoms with Crippen molar-refractivity contribution in [2.45, 2.75) is 32.9 Å². The molecule has 4 heteroatoms. The van der Waals surface area contributed by atoms with E-state index < -0.39 is 6.04 Å². The Labute approximate surface area is 131 Å². The van der Waals surface area contributed by atoms with E-state index in [0.29, 0.717) is 13.0 Å². The highest BCUT2D eigenvalue weighted by molar-refractivity contribution is 5.80. The molecule has 2 rings (SSSR count). The maximum atomic E-state index is 11.7. The van der Waals surface area contributed by atoms with Crippen LogP contribution in [-0.4, -0.2) is 17.1 Å². The molecule has 2 aromatic carbocycles. The quantitative estimate of drug-likeness (QED) is 0.765. The molecule has 4 N–H and O–H groups in total. The summed E-state index contributed by atoms with van der Waals surface area (Å²) in [5, 5.41) is 12.5. The highest BCUT2D eigenvalue weighted by Crippen LogP contribution is 2.13. The number of phenols is 1. The first-order valence-electron chi connectivity index (χ1n) is 7.32. The predicted octanol–water partition coefficient (Wildman–Crippen LogP) is 2.20. The van der Waals surface area contributed by atoms with Gasteiger partial charge >= 0.3 is 0 Å². The van der Waals surface area contributed by atoms with E-state index in [1.165, 1.54) is 11.1 Å². The SMILES string of the molecule is Cc1ccc(C)c(CN[C@@H](Cc2ccc(O)cc2)C(N)=O)c1. The first-order valence-corrected chi connectivity index (χ1v) is 7.32. The fraction of sp³-hybridized carbons (Fsp3) is 0.278. The topological polar surface area (TPSA) is 75.3 Å². The smallest absolute Gasteiger partial charge is 0.234 e. The largest absolute Gasteiger partial charge is 0.508 e. The van der Waals surface area contributed by atoms with E-state index in [0.717, 1.165) is 11.1 Å². The van der Waals surface area contributed by atoms with Crippen LogP contribution >= 0.6 is 0 Å². The van der Waals surface area contributed by atoms with Crippen LogP contribution in [-0.2, 0) is 17.8 Å². The van der Waals surface area contributed by atoms with Gasteiger partial charge in [0.25, 0.3) is 0 Å². The van der Waals surface area contributed by atoms with Crippen molar-refractivity contribution in [3.8, 4) is 5.75 Å². The molecular formula is C18H22N2O2. The minimum absolute atomic E-state index is 0.211. The van der Waals surface area contributed by atoms with Crippen LogP contribution < -0.4 is 11.1 Å². The molecule has 0 aromatic heterocycles. The Morgan fingerprint density at radius 3 is 2.50 bits per heavy atom. The summed E-state index contributed by atoms with van der Waals surface area (Å²) in [5.74, 6) is -0.166. The second-order valence-corrected chi connectivity index (χ2v) is 5.64. The van der Waals surface area contributed by atoms with Crippen LogP contribution in [0.4, 0.5) is 0 Å². The molecule has 0 bridgehead atoms. The zero-order valence-corrected chi connectivity index (χ0v) is 13.0. The van der Waals surface area contributed by atoms with E-state index >= 15 is 0 Å². The van der Waals surface area contributed by atoms with Crippen molar-refractivity contribution in [1.29, 1.82) is 0 Å². The number of rotatable bonds is 6. The molecule has 0 aliphatic rings. The van der Waals surface area contributed by atoms with Crippen LogP contribution in [0.3, 0.4) is 0 Å². The lowest BCUT2D eigenvalue weighted by atomic mass is 10.0. The number of nitrogens with one attached hydrogen (secondary N) is 1. The maximum Gasteiger partial charge on any atom is 0.234 e. The average molecular weight is 298 g/mol. The third-order valence-electron chi connectivity index (χ3n) is 3.76. The van der Waals surface area contributed by atoms with Gasteiger partial charge in [-0.3, -0.25) is 4.79 Å². The highest BCUT2D eigenvalue weighted by atomic mass is 16.3. The van der Waals surface area contributed by atoms with Crippen molar-refractivity contribution in [2.24, 2.45) is 5.73 Å². The van der Waals surface area contributed by atoms with Crippen molar-refractivity contribution >= 4 is 5.91 Å². The van der Waals surface area contributed by atoms with Gasteiger partial charge in [0.1, 0.15) is 5.75 Å². The lowest BCUT2D eigenvalue weighted by Crippen LogP contribution is -2.42. The molecule has 0 aliphatic carbocycles. The number of hydrogen-bond acceptors (Lipinski definition) is 3. The fourth-order valence-corrected chi connectivity index (χ4v) is 2.36. The van der Waals surface area contributed by atoms with Gasteiger partial charge in [0, 0.05) is 6.54 Å². The Kier molecular flexibility index (Phi) is 5.17. The minimum atomic E-state index is -0.440. The Balaban J connectivity index is 2.04. The first kappa shape index (κ1) is 16.0. The number of benzene rings is 2. The van der Waals surface area contributed by atoms with Crippen molar-refractivity contribution in [1.82, 2.24) is 5.32 Å². The van der Waals surface area contributed by atoms with Gasteiger partial charge in [-0.2, -0.15) is 0 Å². The maximum absolute atomic E-state index is 11.7. The molecule has 2 aromatic rings. The third kappa shape index (κ3) is 4.33. The summed E-state index contributed by atoms with van der Waals surface area (Å²) in [6.45, 7) is 4.69. The van der Waals surface area contributed by atoms with Crippen LogP contribution in [0.5, 0.6) is 5.75 Å². The zero-order valence-electron chi connectivity index (χ0n) is 13.0. The summed E-state index contributed by atoms with van der Waals surface area (Å²) >= 11 is 0. The van der Waals surface area contributed by atoms with Crippen LogP contribution in [0.25, 0.3) is 0 Å². The van der Waals surface area contributed by atoms with Gasteiger partial charge in [0.05, 0.1) is 6.04 Å². The number of hydrogen-bond donors (Lipinski definition) is 3. The molecular weight excluding hydrogens is 276 g/mol. The molecule has 0 fully saturated rings. The lowest BCUT2D eigenvalue weighted by molar-refractivity contribution is -0.120. The number of carbonyl (C=O) groups is 1. The number of aromatic hydroxyl groups is 1. The summed E-state index contributed by atoms with van der Waals surface area (Å²) in [4.78, 5) is 11.7. The molecule has 0 radical (unpaired) electrons. The van der Waals surface area contributed by atoms with Gasteiger partial charge in [-0.15, -0.1) is 0 Å². The van der Waals surface area contributed by atoms with Gasteiger partial charge < -0.3 is 16.2 Å². The standard InChI is InChI=1S/C18H22N2O2/c1-12-3-4-13(2)15(9-12)11-20-17(18(19)22)10-14-5-7-16(21)8-6-14/h3-9,17,20-21H,10-11H2,1-2H3,(H2,19,22)/t17-/m0/s1. The van der Waals surface area contributed by atoms with Gasteiger partial charge in [-0.25, -0.2) is 0 Å². The van der Waals surface area contributed by atoms with E-state index in [9.17, 15) is 9.90 Å². The van der Waals surface area contributed by atoms with Gasteiger partial charge in [-0.1, -0.05) is 35.9 Å². The van der Waals surface area contributed by atoms with Gasteiger partial charge in [0.2, 0.25) is 5.91 Å². The normalized spacial score (nSPS) is 12.1. The molecule has 1 atom stereocenters. The fourth-order valence-electron chi connectivity index (χ4n) is 2.36. The van der Waals surface area contributed by atoms with Gasteiger partial charge in [-0.05, 0) is 49.1 Å². The summed E-state index contributed by atoms with van der Waals surface area (Å²) in [6, 6.07) is 12.6. The average Bonchev–Trinajstić information content (AvgIpc) is 2.48. The molecule has 0 saturated heterocycles. The van der Waals surface area contributed by atoms with Crippen LogP contribution in [0, 0.1) is 13.8 Å². The molecule has 4 nitrogen and oxygen atoms in total. The number of phenolic OH excluding ortho intramolecular Hbond substituents is 1. The third-order valence-corrected chi connectivity index (χ3v) is 3.76. The summed E-state index contributed by atoms with van der Waals surface area (Å²) < 4.78 is 0. The molecule has 0 unspecified atom stereocenters. The monoisotopic (exact) mass is 298 g/mol. The van der Waals surface area contributed by atoms with Crippen molar-refractivity contribution in [3.63, 3.8) is 0 Å². The molecule has 0 saturated carbocycles. The lowest BCUT2D eigenvalue weighted by Gasteiger charge is -2.17. The molecule has 0 aliphatic heterocycles. The number of primary amides is 1. The number of aryl methyl sites for hydroxylation is 2. The molecule has 116 valence electrons. The predicted molar refractivity (Wildman–Crippen MR) is 87.5 cm³/mol. The van der Waals surface area contributed by atoms with Crippen molar-refractivity contribution < 1.29 is 9.90 Å². The molecule has 0 heterocycles. The first-order chi connectivity index (χ1) is 10.5. The zero-order chi connectivity index (χ0) is 16.1. The van der Waals surface area contributed by atoms with E-state index in [2.05, 4.69) is 30.4 Å². The second-order valence-electron chi connectivity index (χ2n) is 5.64. The van der Waals surface area contributed by atoms with Crippen LogP contribution in [0.15, 0.2) is 42.5 Å². The second kappa shape index (κ2) is 7.09. The van der Waals surface area contributed by atoms with Crippen LogP contribution in [0.2, 0.25) is 0 Å². The minimum Gasteiger partial charge on any atom is -0.508 e. The van der Waals surface area contributed by atoms with Crippen molar-refractivity contribution in [2.75, 3.05) is 0 Å². The molecule has 1 amide bonds. The Morgan fingerprint density at radius 1 is 1.18 bits per heavy atom.